The van der Waals surface area contributed by atoms with Crippen LogP contribution in [0.15, 0.2) is 48.5 Å². The SMILES string of the molecule is Cc1cc(C(N)=O)ccc1NC(=O)[C@H](N)c1ccccc1. The summed E-state index contributed by atoms with van der Waals surface area (Å²) >= 11 is 0. The summed E-state index contributed by atoms with van der Waals surface area (Å²) in [5, 5.41) is 2.76. The molecule has 0 aliphatic carbocycles. The molecule has 2 aromatic carbocycles. The summed E-state index contributed by atoms with van der Waals surface area (Å²) in [6.45, 7) is 1.79. The molecule has 5 N–H and O–H groups in total. The molecule has 5 heteroatoms. The van der Waals surface area contributed by atoms with E-state index in [1.807, 2.05) is 18.2 Å². The predicted octanol–water partition coefficient (Wildman–Crippen LogP) is 1.73. The molecule has 0 saturated heterocycles. The van der Waals surface area contributed by atoms with E-state index in [9.17, 15) is 9.59 Å². The number of primary amides is 1. The van der Waals surface area contributed by atoms with Gasteiger partial charge in [-0.1, -0.05) is 30.3 Å². The van der Waals surface area contributed by atoms with Gasteiger partial charge in [-0.05, 0) is 36.2 Å². The second-order valence-electron chi connectivity index (χ2n) is 4.77. The first-order valence-electron chi connectivity index (χ1n) is 6.51. The molecule has 0 saturated carbocycles. The number of hydrogen-bond acceptors (Lipinski definition) is 3. The Balaban J connectivity index is 2.15. The van der Waals surface area contributed by atoms with E-state index in [0.717, 1.165) is 11.1 Å². The van der Waals surface area contributed by atoms with E-state index in [-0.39, 0.29) is 5.91 Å². The van der Waals surface area contributed by atoms with Gasteiger partial charge in [0.05, 0.1) is 0 Å². The lowest BCUT2D eigenvalue weighted by Gasteiger charge is -2.14. The van der Waals surface area contributed by atoms with E-state index in [4.69, 9.17) is 11.5 Å². The fraction of sp³-hybridized carbons (Fsp3) is 0.125. The third-order valence-corrected chi connectivity index (χ3v) is 3.21. The Bertz CT molecular complexity index is 668. The quantitative estimate of drug-likeness (QED) is 0.797. The molecule has 21 heavy (non-hydrogen) atoms. The number of anilines is 1. The van der Waals surface area contributed by atoms with Crippen molar-refractivity contribution in [2.45, 2.75) is 13.0 Å². The molecule has 0 spiro atoms. The van der Waals surface area contributed by atoms with Gasteiger partial charge in [-0.2, -0.15) is 0 Å². The van der Waals surface area contributed by atoms with Gasteiger partial charge in [-0.3, -0.25) is 9.59 Å². The first-order chi connectivity index (χ1) is 9.99. The van der Waals surface area contributed by atoms with Gasteiger partial charge in [0.15, 0.2) is 0 Å². The molecule has 0 aromatic heterocycles. The largest absolute Gasteiger partial charge is 0.366 e. The number of hydrogen-bond donors (Lipinski definition) is 3. The number of rotatable bonds is 4. The molecule has 5 nitrogen and oxygen atoms in total. The Labute approximate surface area is 123 Å². The monoisotopic (exact) mass is 283 g/mol. The minimum absolute atomic E-state index is 0.309. The second kappa shape index (κ2) is 6.19. The number of amides is 2. The van der Waals surface area contributed by atoms with Crippen molar-refractivity contribution in [3.8, 4) is 0 Å². The normalized spacial score (nSPS) is 11.7. The zero-order valence-electron chi connectivity index (χ0n) is 11.7. The van der Waals surface area contributed by atoms with E-state index in [1.54, 1.807) is 37.3 Å². The number of benzene rings is 2. The summed E-state index contributed by atoms with van der Waals surface area (Å²) in [6.07, 6.45) is 0. The van der Waals surface area contributed by atoms with Crippen LogP contribution in [0.4, 0.5) is 5.69 Å². The van der Waals surface area contributed by atoms with Crippen LogP contribution in [0.1, 0.15) is 27.5 Å². The van der Waals surface area contributed by atoms with Crippen LogP contribution in [-0.4, -0.2) is 11.8 Å². The second-order valence-corrected chi connectivity index (χ2v) is 4.77. The molecule has 0 fully saturated rings. The summed E-state index contributed by atoms with van der Waals surface area (Å²) in [5.41, 5.74) is 13.6. The van der Waals surface area contributed by atoms with E-state index < -0.39 is 11.9 Å². The summed E-state index contributed by atoms with van der Waals surface area (Å²) in [4.78, 5) is 23.3. The van der Waals surface area contributed by atoms with Crippen molar-refractivity contribution >= 4 is 17.5 Å². The van der Waals surface area contributed by atoms with E-state index in [0.29, 0.717) is 11.3 Å². The van der Waals surface area contributed by atoms with E-state index in [1.165, 1.54) is 0 Å². The third kappa shape index (κ3) is 3.46. The van der Waals surface area contributed by atoms with Crippen LogP contribution in [0.2, 0.25) is 0 Å². The fourth-order valence-electron chi connectivity index (χ4n) is 1.98. The van der Waals surface area contributed by atoms with Crippen LogP contribution in [-0.2, 0) is 4.79 Å². The lowest BCUT2D eigenvalue weighted by Crippen LogP contribution is -2.28. The summed E-state index contributed by atoms with van der Waals surface area (Å²) in [7, 11) is 0. The highest BCUT2D eigenvalue weighted by Gasteiger charge is 2.16. The lowest BCUT2D eigenvalue weighted by atomic mass is 10.1. The minimum Gasteiger partial charge on any atom is -0.366 e. The molecule has 0 unspecified atom stereocenters. The zero-order valence-corrected chi connectivity index (χ0v) is 11.7. The van der Waals surface area contributed by atoms with Gasteiger partial charge in [0.2, 0.25) is 11.8 Å². The molecule has 108 valence electrons. The van der Waals surface area contributed by atoms with Crippen molar-refractivity contribution < 1.29 is 9.59 Å². The fourth-order valence-corrected chi connectivity index (χ4v) is 1.98. The number of nitrogens with one attached hydrogen (secondary N) is 1. The Kier molecular flexibility index (Phi) is 4.35. The van der Waals surface area contributed by atoms with Gasteiger partial charge in [0.1, 0.15) is 6.04 Å². The van der Waals surface area contributed by atoms with Crippen LogP contribution in [0.25, 0.3) is 0 Å². The average molecular weight is 283 g/mol. The summed E-state index contributed by atoms with van der Waals surface area (Å²) in [5.74, 6) is -0.812. The first kappa shape index (κ1) is 14.7. The van der Waals surface area contributed by atoms with Crippen LogP contribution in [0.5, 0.6) is 0 Å². The molecule has 0 aliphatic rings. The predicted molar refractivity (Wildman–Crippen MR) is 81.7 cm³/mol. The van der Waals surface area contributed by atoms with Gasteiger partial charge in [0.25, 0.3) is 0 Å². The van der Waals surface area contributed by atoms with Gasteiger partial charge in [-0.25, -0.2) is 0 Å². The number of carbonyl (C=O) groups is 2. The highest BCUT2D eigenvalue weighted by molar-refractivity contribution is 5.97. The standard InChI is InChI=1S/C16H17N3O2/c1-10-9-12(15(18)20)7-8-13(10)19-16(21)14(17)11-5-3-2-4-6-11/h2-9,14H,17H2,1H3,(H2,18,20)(H,19,21)/t14-/m1/s1. The molecule has 0 heterocycles. The van der Waals surface area contributed by atoms with Crippen LogP contribution >= 0.6 is 0 Å². The van der Waals surface area contributed by atoms with Gasteiger partial charge < -0.3 is 16.8 Å². The summed E-state index contributed by atoms with van der Waals surface area (Å²) in [6, 6.07) is 13.2. The third-order valence-electron chi connectivity index (χ3n) is 3.21. The molecule has 0 aliphatic heterocycles. The van der Waals surface area contributed by atoms with Gasteiger partial charge >= 0.3 is 0 Å². The maximum atomic E-state index is 12.2. The smallest absolute Gasteiger partial charge is 0.248 e. The Morgan fingerprint density at radius 1 is 1.10 bits per heavy atom. The van der Waals surface area contributed by atoms with Crippen molar-refractivity contribution in [3.63, 3.8) is 0 Å². The molecule has 2 aromatic rings. The molecule has 2 amide bonds. The molecule has 2 rings (SSSR count). The minimum atomic E-state index is -0.749. The molecular weight excluding hydrogens is 266 g/mol. The Morgan fingerprint density at radius 2 is 1.76 bits per heavy atom. The molecule has 0 bridgehead atoms. The van der Waals surface area contributed by atoms with Crippen molar-refractivity contribution in [3.05, 3.63) is 65.2 Å². The zero-order chi connectivity index (χ0) is 15.4. The number of carbonyl (C=O) groups excluding carboxylic acids is 2. The maximum Gasteiger partial charge on any atom is 0.248 e. The molecular formula is C16H17N3O2. The maximum absolute atomic E-state index is 12.2. The molecule has 1 atom stereocenters. The van der Waals surface area contributed by atoms with E-state index >= 15 is 0 Å². The van der Waals surface area contributed by atoms with Crippen LogP contribution < -0.4 is 16.8 Å². The average Bonchev–Trinajstić information content (AvgIpc) is 2.49. The van der Waals surface area contributed by atoms with Crippen molar-refractivity contribution in [2.75, 3.05) is 5.32 Å². The van der Waals surface area contributed by atoms with Crippen molar-refractivity contribution in [2.24, 2.45) is 11.5 Å². The van der Waals surface area contributed by atoms with Crippen LogP contribution in [0.3, 0.4) is 0 Å². The summed E-state index contributed by atoms with van der Waals surface area (Å²) < 4.78 is 0. The highest BCUT2D eigenvalue weighted by Crippen LogP contribution is 2.18. The van der Waals surface area contributed by atoms with Gasteiger partial charge in [-0.15, -0.1) is 0 Å². The van der Waals surface area contributed by atoms with Crippen LogP contribution in [0, 0.1) is 6.92 Å². The van der Waals surface area contributed by atoms with Crippen molar-refractivity contribution in [1.29, 1.82) is 0 Å². The first-order valence-corrected chi connectivity index (χ1v) is 6.51. The number of aryl methyl sites for hydroxylation is 1. The number of nitrogens with two attached hydrogens (primary N) is 2. The van der Waals surface area contributed by atoms with Gasteiger partial charge in [0, 0.05) is 11.3 Å². The highest BCUT2D eigenvalue weighted by atomic mass is 16.2. The Morgan fingerprint density at radius 3 is 2.33 bits per heavy atom. The Hall–Kier alpha value is -2.66. The van der Waals surface area contributed by atoms with Crippen molar-refractivity contribution in [1.82, 2.24) is 0 Å². The topological polar surface area (TPSA) is 98.2 Å². The molecule has 0 radical (unpaired) electrons. The lowest BCUT2D eigenvalue weighted by molar-refractivity contribution is -0.117. The van der Waals surface area contributed by atoms with E-state index in [2.05, 4.69) is 5.32 Å².